The second-order valence-corrected chi connectivity index (χ2v) is 6.58. The molecule has 0 fully saturated rings. The van der Waals surface area contributed by atoms with E-state index in [0.29, 0.717) is 6.42 Å². The zero-order valence-electron chi connectivity index (χ0n) is 13.5. The SMILES string of the molecule is CCCCCCCCCC(=O)NC(C(=O)O)C(C)(C)C. The lowest BCUT2D eigenvalue weighted by Gasteiger charge is -2.27. The van der Waals surface area contributed by atoms with Gasteiger partial charge in [-0.05, 0) is 11.8 Å². The topological polar surface area (TPSA) is 66.4 Å². The van der Waals surface area contributed by atoms with Crippen LogP contribution in [0.3, 0.4) is 0 Å². The molecule has 0 aromatic carbocycles. The number of aliphatic carboxylic acids is 1. The Balaban J connectivity index is 3.84. The fraction of sp³-hybridized carbons (Fsp3) is 0.875. The van der Waals surface area contributed by atoms with Crippen LogP contribution in [0.4, 0.5) is 0 Å². The molecule has 118 valence electrons. The first-order valence-corrected chi connectivity index (χ1v) is 7.81. The second-order valence-electron chi connectivity index (χ2n) is 6.58. The van der Waals surface area contributed by atoms with Gasteiger partial charge in [-0.1, -0.05) is 66.2 Å². The molecule has 0 saturated carbocycles. The third-order valence-electron chi connectivity index (χ3n) is 3.43. The van der Waals surface area contributed by atoms with Crippen molar-refractivity contribution in [1.82, 2.24) is 5.32 Å². The summed E-state index contributed by atoms with van der Waals surface area (Å²) in [6.45, 7) is 7.65. The number of hydrogen-bond acceptors (Lipinski definition) is 2. The van der Waals surface area contributed by atoms with Crippen LogP contribution in [0.2, 0.25) is 0 Å². The van der Waals surface area contributed by atoms with Crippen molar-refractivity contribution < 1.29 is 14.7 Å². The van der Waals surface area contributed by atoms with Crippen molar-refractivity contribution in [1.29, 1.82) is 0 Å². The van der Waals surface area contributed by atoms with Gasteiger partial charge in [0.25, 0.3) is 0 Å². The number of carboxylic acids is 1. The molecule has 1 unspecified atom stereocenters. The van der Waals surface area contributed by atoms with Gasteiger partial charge in [-0.25, -0.2) is 4.79 Å². The van der Waals surface area contributed by atoms with Gasteiger partial charge in [0, 0.05) is 6.42 Å². The highest BCUT2D eigenvalue weighted by Gasteiger charge is 2.32. The van der Waals surface area contributed by atoms with Crippen molar-refractivity contribution >= 4 is 11.9 Å². The van der Waals surface area contributed by atoms with Gasteiger partial charge in [0.1, 0.15) is 6.04 Å². The Bertz CT molecular complexity index is 295. The van der Waals surface area contributed by atoms with Gasteiger partial charge in [0.05, 0.1) is 0 Å². The van der Waals surface area contributed by atoms with Gasteiger partial charge in [-0.15, -0.1) is 0 Å². The Morgan fingerprint density at radius 3 is 1.95 bits per heavy atom. The first-order valence-electron chi connectivity index (χ1n) is 7.81. The Kier molecular flexibility index (Phi) is 9.26. The van der Waals surface area contributed by atoms with E-state index in [2.05, 4.69) is 12.2 Å². The monoisotopic (exact) mass is 285 g/mol. The normalized spacial score (nSPS) is 13.0. The molecule has 2 N–H and O–H groups in total. The third kappa shape index (κ3) is 8.94. The Morgan fingerprint density at radius 2 is 1.50 bits per heavy atom. The minimum absolute atomic E-state index is 0.152. The summed E-state index contributed by atoms with van der Waals surface area (Å²) in [5.41, 5.74) is -0.471. The minimum Gasteiger partial charge on any atom is -0.480 e. The predicted molar refractivity (Wildman–Crippen MR) is 81.6 cm³/mol. The molecule has 0 aliphatic carbocycles. The molecule has 0 aliphatic rings. The molecule has 1 amide bonds. The minimum atomic E-state index is -0.967. The summed E-state index contributed by atoms with van der Waals surface area (Å²) in [5, 5.41) is 11.8. The summed E-state index contributed by atoms with van der Waals surface area (Å²) in [7, 11) is 0. The fourth-order valence-electron chi connectivity index (χ4n) is 2.12. The van der Waals surface area contributed by atoms with E-state index in [4.69, 9.17) is 5.11 Å². The number of hydrogen-bond donors (Lipinski definition) is 2. The van der Waals surface area contributed by atoms with Gasteiger partial charge >= 0.3 is 5.97 Å². The Labute approximate surface area is 123 Å². The molecule has 0 spiro atoms. The first kappa shape index (κ1) is 18.9. The van der Waals surface area contributed by atoms with Crippen molar-refractivity contribution in [3.63, 3.8) is 0 Å². The molecule has 0 radical (unpaired) electrons. The van der Waals surface area contributed by atoms with E-state index >= 15 is 0 Å². The highest BCUT2D eigenvalue weighted by atomic mass is 16.4. The van der Waals surface area contributed by atoms with Gasteiger partial charge in [0.15, 0.2) is 0 Å². The lowest BCUT2D eigenvalue weighted by Crippen LogP contribution is -2.49. The molecule has 0 saturated heterocycles. The maximum absolute atomic E-state index is 11.8. The molecule has 0 heterocycles. The van der Waals surface area contributed by atoms with Crippen LogP contribution in [0, 0.1) is 5.41 Å². The summed E-state index contributed by atoms with van der Waals surface area (Å²) in [6, 6.07) is -0.820. The molecule has 0 aromatic rings. The molecule has 20 heavy (non-hydrogen) atoms. The number of carboxylic acid groups (broad SMARTS) is 1. The lowest BCUT2D eigenvalue weighted by atomic mass is 9.86. The molecule has 0 bridgehead atoms. The number of carbonyl (C=O) groups is 2. The van der Waals surface area contributed by atoms with Gasteiger partial charge in [-0.2, -0.15) is 0 Å². The largest absolute Gasteiger partial charge is 0.480 e. The van der Waals surface area contributed by atoms with E-state index < -0.39 is 17.4 Å². The zero-order valence-corrected chi connectivity index (χ0v) is 13.5. The number of nitrogens with one attached hydrogen (secondary N) is 1. The van der Waals surface area contributed by atoms with Crippen molar-refractivity contribution in [2.24, 2.45) is 5.41 Å². The number of unbranched alkanes of at least 4 members (excludes halogenated alkanes) is 6. The summed E-state index contributed by atoms with van der Waals surface area (Å²) in [6.07, 6.45) is 8.50. The maximum Gasteiger partial charge on any atom is 0.326 e. The predicted octanol–water partition coefficient (Wildman–Crippen LogP) is 3.74. The molecular weight excluding hydrogens is 254 g/mol. The zero-order chi connectivity index (χ0) is 15.6. The van der Waals surface area contributed by atoms with Crippen LogP contribution in [-0.2, 0) is 9.59 Å². The molecule has 0 aliphatic heterocycles. The summed E-state index contributed by atoms with van der Waals surface area (Å²) < 4.78 is 0. The lowest BCUT2D eigenvalue weighted by molar-refractivity contribution is -0.144. The molecule has 4 heteroatoms. The van der Waals surface area contributed by atoms with Crippen LogP contribution in [0.5, 0.6) is 0 Å². The Morgan fingerprint density at radius 1 is 1.00 bits per heavy atom. The van der Waals surface area contributed by atoms with Crippen molar-refractivity contribution in [2.45, 2.75) is 85.1 Å². The fourth-order valence-corrected chi connectivity index (χ4v) is 2.12. The standard InChI is InChI=1S/C16H31NO3/c1-5-6-7-8-9-10-11-12-13(18)17-14(15(19)20)16(2,3)4/h14H,5-12H2,1-4H3,(H,17,18)(H,19,20). The van der Waals surface area contributed by atoms with Crippen LogP contribution in [0.25, 0.3) is 0 Å². The maximum atomic E-state index is 11.8. The first-order chi connectivity index (χ1) is 9.29. The second kappa shape index (κ2) is 9.78. The van der Waals surface area contributed by atoms with Crippen molar-refractivity contribution in [3.05, 3.63) is 0 Å². The van der Waals surface area contributed by atoms with E-state index in [1.807, 2.05) is 20.8 Å². The highest BCUT2D eigenvalue weighted by molar-refractivity contribution is 5.84. The van der Waals surface area contributed by atoms with E-state index in [0.717, 1.165) is 19.3 Å². The number of amides is 1. The van der Waals surface area contributed by atoms with Crippen LogP contribution in [0.15, 0.2) is 0 Å². The molecule has 0 aromatic heterocycles. The summed E-state index contributed by atoms with van der Waals surface area (Å²) in [4.78, 5) is 22.9. The van der Waals surface area contributed by atoms with Gasteiger partial charge in [-0.3, -0.25) is 4.79 Å². The van der Waals surface area contributed by atoms with Gasteiger partial charge < -0.3 is 10.4 Å². The van der Waals surface area contributed by atoms with Crippen molar-refractivity contribution in [2.75, 3.05) is 0 Å². The smallest absolute Gasteiger partial charge is 0.326 e. The summed E-state index contributed by atoms with van der Waals surface area (Å²) >= 11 is 0. The number of carbonyl (C=O) groups excluding carboxylic acids is 1. The quantitative estimate of drug-likeness (QED) is 0.601. The molecule has 0 rings (SSSR count). The molecular formula is C16H31NO3. The van der Waals surface area contributed by atoms with Crippen LogP contribution in [-0.4, -0.2) is 23.0 Å². The number of rotatable bonds is 10. The van der Waals surface area contributed by atoms with E-state index in [9.17, 15) is 9.59 Å². The van der Waals surface area contributed by atoms with E-state index in [1.165, 1.54) is 25.7 Å². The van der Waals surface area contributed by atoms with Crippen LogP contribution >= 0.6 is 0 Å². The highest BCUT2D eigenvalue weighted by Crippen LogP contribution is 2.19. The average molecular weight is 285 g/mol. The van der Waals surface area contributed by atoms with Crippen LogP contribution in [0.1, 0.15) is 79.1 Å². The van der Waals surface area contributed by atoms with E-state index in [-0.39, 0.29) is 5.91 Å². The molecule has 4 nitrogen and oxygen atoms in total. The Hall–Kier alpha value is -1.06. The third-order valence-corrected chi connectivity index (χ3v) is 3.43. The average Bonchev–Trinajstić information content (AvgIpc) is 2.33. The van der Waals surface area contributed by atoms with Crippen LogP contribution < -0.4 is 5.32 Å². The van der Waals surface area contributed by atoms with E-state index in [1.54, 1.807) is 0 Å². The van der Waals surface area contributed by atoms with Crippen molar-refractivity contribution in [3.8, 4) is 0 Å². The molecule has 1 atom stereocenters. The summed E-state index contributed by atoms with van der Waals surface area (Å²) in [5.74, 6) is -1.12. The van der Waals surface area contributed by atoms with Gasteiger partial charge in [0.2, 0.25) is 5.91 Å².